The Morgan fingerprint density at radius 2 is 2.05 bits per heavy atom. The largest absolute Gasteiger partial charge is 0.490 e. The molecule has 0 aliphatic carbocycles. The standard InChI is InChI=1S/C13H18F2N2O2S/c1-17(7-12(14)15)6-9(18)8-19-11-5-3-2-4-10(11)13(16)20/h2-5,9,12,18H,6-8H2,1H3,(H2,16,20). The molecular formula is C13H18F2N2O2S. The third-order valence-electron chi connectivity index (χ3n) is 2.56. The van der Waals surface area contributed by atoms with Gasteiger partial charge in [-0.05, 0) is 19.2 Å². The summed E-state index contributed by atoms with van der Waals surface area (Å²) in [7, 11) is 1.51. The van der Waals surface area contributed by atoms with Crippen LogP contribution in [0.15, 0.2) is 24.3 Å². The van der Waals surface area contributed by atoms with E-state index in [1.807, 2.05) is 0 Å². The maximum Gasteiger partial charge on any atom is 0.251 e. The predicted molar refractivity (Wildman–Crippen MR) is 77.3 cm³/mol. The summed E-state index contributed by atoms with van der Waals surface area (Å²) in [6.07, 6.45) is -3.30. The van der Waals surface area contributed by atoms with Crippen LogP contribution in [0.2, 0.25) is 0 Å². The number of hydrogen-bond donors (Lipinski definition) is 2. The lowest BCUT2D eigenvalue weighted by Crippen LogP contribution is -2.35. The molecule has 1 atom stereocenters. The number of ether oxygens (including phenoxy) is 1. The van der Waals surface area contributed by atoms with Crippen LogP contribution < -0.4 is 10.5 Å². The minimum atomic E-state index is -2.43. The molecule has 1 aromatic rings. The van der Waals surface area contributed by atoms with Crippen LogP contribution in [-0.4, -0.2) is 54.3 Å². The first-order chi connectivity index (χ1) is 9.40. The average molecular weight is 304 g/mol. The Labute approximate surface area is 122 Å². The number of benzene rings is 1. The number of likely N-dealkylation sites (N-methyl/N-ethyl adjacent to an activating group) is 1. The van der Waals surface area contributed by atoms with Gasteiger partial charge in [-0.25, -0.2) is 8.78 Å². The van der Waals surface area contributed by atoms with E-state index in [4.69, 9.17) is 22.7 Å². The van der Waals surface area contributed by atoms with Crippen molar-refractivity contribution in [2.75, 3.05) is 26.7 Å². The summed E-state index contributed by atoms with van der Waals surface area (Å²) in [5, 5.41) is 9.75. The zero-order chi connectivity index (χ0) is 15.1. The molecule has 0 heterocycles. The highest BCUT2D eigenvalue weighted by atomic mass is 32.1. The molecule has 0 aliphatic rings. The second-order valence-electron chi connectivity index (χ2n) is 4.44. The van der Waals surface area contributed by atoms with E-state index in [0.717, 1.165) is 0 Å². The van der Waals surface area contributed by atoms with Crippen LogP contribution in [0.3, 0.4) is 0 Å². The van der Waals surface area contributed by atoms with E-state index in [2.05, 4.69) is 0 Å². The number of nitrogens with zero attached hydrogens (tertiary/aromatic N) is 1. The van der Waals surface area contributed by atoms with Crippen molar-refractivity contribution in [1.82, 2.24) is 4.90 Å². The second kappa shape index (κ2) is 8.08. The zero-order valence-corrected chi connectivity index (χ0v) is 11.9. The normalized spacial score (nSPS) is 12.7. The van der Waals surface area contributed by atoms with Gasteiger partial charge in [0.25, 0.3) is 6.43 Å². The number of rotatable bonds is 8. The van der Waals surface area contributed by atoms with Gasteiger partial charge in [0.1, 0.15) is 23.4 Å². The fourth-order valence-corrected chi connectivity index (χ4v) is 1.87. The van der Waals surface area contributed by atoms with Crippen molar-refractivity contribution in [3.05, 3.63) is 29.8 Å². The molecule has 0 saturated carbocycles. The quantitative estimate of drug-likeness (QED) is 0.708. The Bertz CT molecular complexity index is 446. The van der Waals surface area contributed by atoms with Gasteiger partial charge < -0.3 is 15.6 Å². The Morgan fingerprint density at radius 3 is 2.65 bits per heavy atom. The number of alkyl halides is 2. The molecule has 1 rings (SSSR count). The van der Waals surface area contributed by atoms with Gasteiger partial charge in [-0.1, -0.05) is 24.4 Å². The molecule has 1 aromatic carbocycles. The van der Waals surface area contributed by atoms with Gasteiger partial charge in [-0.2, -0.15) is 0 Å². The molecule has 0 aromatic heterocycles. The van der Waals surface area contributed by atoms with E-state index in [1.165, 1.54) is 11.9 Å². The van der Waals surface area contributed by atoms with E-state index in [1.54, 1.807) is 24.3 Å². The number of nitrogens with two attached hydrogens (primary N) is 1. The predicted octanol–water partition coefficient (Wildman–Crippen LogP) is 1.26. The Morgan fingerprint density at radius 1 is 1.40 bits per heavy atom. The van der Waals surface area contributed by atoms with Crippen LogP contribution in [-0.2, 0) is 0 Å². The van der Waals surface area contributed by atoms with E-state index >= 15 is 0 Å². The van der Waals surface area contributed by atoms with Crippen molar-refractivity contribution in [2.45, 2.75) is 12.5 Å². The number of aliphatic hydroxyl groups excluding tert-OH is 1. The molecule has 7 heteroatoms. The Balaban J connectivity index is 2.49. The molecule has 0 spiro atoms. The van der Waals surface area contributed by atoms with E-state index in [0.29, 0.717) is 11.3 Å². The van der Waals surface area contributed by atoms with Crippen molar-refractivity contribution >= 4 is 17.2 Å². The number of thiocarbonyl (C=S) groups is 1. The molecule has 0 saturated heterocycles. The van der Waals surface area contributed by atoms with E-state index in [-0.39, 0.29) is 24.7 Å². The van der Waals surface area contributed by atoms with Gasteiger partial charge in [-0.3, -0.25) is 4.90 Å². The monoisotopic (exact) mass is 304 g/mol. The van der Waals surface area contributed by atoms with Crippen LogP contribution in [0, 0.1) is 0 Å². The summed E-state index contributed by atoms with van der Waals surface area (Å²) in [5.41, 5.74) is 6.13. The molecule has 20 heavy (non-hydrogen) atoms. The van der Waals surface area contributed by atoms with Crippen molar-refractivity contribution in [1.29, 1.82) is 0 Å². The van der Waals surface area contributed by atoms with Crippen LogP contribution in [0.5, 0.6) is 5.75 Å². The van der Waals surface area contributed by atoms with Crippen LogP contribution in [0.1, 0.15) is 5.56 Å². The first kappa shape index (κ1) is 16.7. The highest BCUT2D eigenvalue weighted by Gasteiger charge is 2.14. The highest BCUT2D eigenvalue weighted by Crippen LogP contribution is 2.17. The third kappa shape index (κ3) is 5.77. The topological polar surface area (TPSA) is 58.7 Å². The number of hydrogen-bond acceptors (Lipinski definition) is 4. The summed E-state index contributed by atoms with van der Waals surface area (Å²) in [4.78, 5) is 1.54. The number of para-hydroxylation sites is 1. The van der Waals surface area contributed by atoms with E-state index < -0.39 is 12.5 Å². The molecule has 1 unspecified atom stereocenters. The summed E-state index contributed by atoms with van der Waals surface area (Å²) >= 11 is 4.89. The summed E-state index contributed by atoms with van der Waals surface area (Å²) < 4.78 is 29.7. The first-order valence-electron chi connectivity index (χ1n) is 6.06. The first-order valence-corrected chi connectivity index (χ1v) is 6.47. The molecular weight excluding hydrogens is 286 g/mol. The summed E-state index contributed by atoms with van der Waals surface area (Å²) in [5.74, 6) is 0.468. The van der Waals surface area contributed by atoms with Gasteiger partial charge in [0.2, 0.25) is 0 Å². The lowest BCUT2D eigenvalue weighted by molar-refractivity contribution is 0.0473. The fraction of sp³-hybridized carbons (Fsp3) is 0.462. The fourth-order valence-electron chi connectivity index (χ4n) is 1.70. The zero-order valence-electron chi connectivity index (χ0n) is 11.1. The van der Waals surface area contributed by atoms with Gasteiger partial charge in [0, 0.05) is 6.54 Å². The van der Waals surface area contributed by atoms with Crippen LogP contribution in [0.4, 0.5) is 8.78 Å². The van der Waals surface area contributed by atoms with Crippen molar-refractivity contribution in [3.8, 4) is 5.75 Å². The minimum absolute atomic E-state index is 0.0206. The van der Waals surface area contributed by atoms with Gasteiger partial charge >= 0.3 is 0 Å². The van der Waals surface area contributed by atoms with Gasteiger partial charge in [-0.15, -0.1) is 0 Å². The Kier molecular flexibility index (Phi) is 6.77. The molecule has 0 fully saturated rings. The molecule has 0 aliphatic heterocycles. The second-order valence-corrected chi connectivity index (χ2v) is 4.88. The SMILES string of the molecule is CN(CC(F)F)CC(O)COc1ccccc1C(N)=S. The molecule has 0 radical (unpaired) electrons. The minimum Gasteiger partial charge on any atom is -0.490 e. The van der Waals surface area contributed by atoms with E-state index in [9.17, 15) is 13.9 Å². The number of aliphatic hydroxyl groups is 1. The third-order valence-corrected chi connectivity index (χ3v) is 2.78. The maximum atomic E-state index is 12.1. The summed E-state index contributed by atoms with van der Waals surface area (Å²) in [6.45, 7) is -0.312. The van der Waals surface area contributed by atoms with Crippen LogP contribution >= 0.6 is 12.2 Å². The molecule has 112 valence electrons. The van der Waals surface area contributed by atoms with Crippen LogP contribution in [0.25, 0.3) is 0 Å². The highest BCUT2D eigenvalue weighted by molar-refractivity contribution is 7.80. The van der Waals surface area contributed by atoms with Crippen molar-refractivity contribution in [3.63, 3.8) is 0 Å². The smallest absolute Gasteiger partial charge is 0.251 e. The lowest BCUT2D eigenvalue weighted by Gasteiger charge is -2.20. The van der Waals surface area contributed by atoms with Gasteiger partial charge in [0.05, 0.1) is 12.1 Å². The molecule has 3 N–H and O–H groups in total. The molecule has 4 nitrogen and oxygen atoms in total. The molecule has 0 amide bonds. The van der Waals surface area contributed by atoms with Crippen molar-refractivity contribution < 1.29 is 18.6 Å². The van der Waals surface area contributed by atoms with Gasteiger partial charge in [0.15, 0.2) is 0 Å². The number of halogens is 2. The Hall–Kier alpha value is -1.31. The lowest BCUT2D eigenvalue weighted by atomic mass is 10.2. The molecule has 0 bridgehead atoms. The average Bonchev–Trinajstić information content (AvgIpc) is 2.35. The van der Waals surface area contributed by atoms with Crippen molar-refractivity contribution in [2.24, 2.45) is 5.73 Å². The maximum absolute atomic E-state index is 12.1. The summed E-state index contributed by atoms with van der Waals surface area (Å²) in [6, 6.07) is 6.93.